The Hall–Kier alpha value is -2.09. The summed E-state index contributed by atoms with van der Waals surface area (Å²) in [6.07, 6.45) is 3.03. The molecule has 0 spiro atoms. The number of ether oxygens (including phenoxy) is 3. The summed E-state index contributed by atoms with van der Waals surface area (Å²) in [5, 5.41) is 15.8. The molecule has 2 aliphatic rings. The standard InChI is InChI=1S/C22H28Cl2N4O5/c1-31-7-8-32-13-21(29)27-19-10-20(17(24)9-16(19)23)33-12-14-4-5-18(26-14)22(30)28-6-2-3-15(28)11-25/h9-10,14-15,18,26H,2-8,12-13H2,1H3,(H,27,29)/t14-,15+,18+/m1/s1. The third kappa shape index (κ3) is 6.95. The van der Waals surface area contributed by atoms with E-state index in [-0.39, 0.29) is 41.6 Å². The molecule has 3 atom stereocenters. The molecule has 9 nitrogen and oxygen atoms in total. The minimum Gasteiger partial charge on any atom is -0.490 e. The monoisotopic (exact) mass is 498 g/mol. The number of amides is 2. The van der Waals surface area contributed by atoms with E-state index in [0.29, 0.717) is 49.2 Å². The second-order valence-electron chi connectivity index (χ2n) is 7.98. The lowest BCUT2D eigenvalue weighted by Crippen LogP contribution is -2.47. The summed E-state index contributed by atoms with van der Waals surface area (Å²) in [4.78, 5) is 26.5. The predicted molar refractivity (Wildman–Crippen MR) is 124 cm³/mol. The predicted octanol–water partition coefficient (Wildman–Crippen LogP) is 2.61. The van der Waals surface area contributed by atoms with Crippen molar-refractivity contribution in [1.82, 2.24) is 10.2 Å². The zero-order valence-corrected chi connectivity index (χ0v) is 20.0. The van der Waals surface area contributed by atoms with Gasteiger partial charge in [0, 0.05) is 25.8 Å². The first-order valence-corrected chi connectivity index (χ1v) is 11.6. The van der Waals surface area contributed by atoms with Crippen LogP contribution >= 0.6 is 23.2 Å². The molecule has 1 aromatic carbocycles. The molecule has 0 saturated carbocycles. The molecule has 1 aromatic rings. The van der Waals surface area contributed by atoms with Crippen LogP contribution in [0.5, 0.6) is 5.75 Å². The molecule has 0 bridgehead atoms. The van der Waals surface area contributed by atoms with Crippen LogP contribution in [0.2, 0.25) is 10.0 Å². The van der Waals surface area contributed by atoms with Crippen LogP contribution in [0.1, 0.15) is 25.7 Å². The third-order valence-electron chi connectivity index (χ3n) is 5.62. The van der Waals surface area contributed by atoms with Crippen LogP contribution in [-0.4, -0.2) is 74.9 Å². The van der Waals surface area contributed by atoms with E-state index < -0.39 is 0 Å². The third-order valence-corrected chi connectivity index (χ3v) is 6.23. The van der Waals surface area contributed by atoms with E-state index >= 15 is 0 Å². The van der Waals surface area contributed by atoms with Gasteiger partial charge in [0.2, 0.25) is 11.8 Å². The maximum atomic E-state index is 12.8. The topological polar surface area (TPSA) is 113 Å². The van der Waals surface area contributed by atoms with Gasteiger partial charge in [-0.05, 0) is 31.7 Å². The van der Waals surface area contributed by atoms with Gasteiger partial charge in [0.25, 0.3) is 0 Å². The number of hydrogen-bond donors (Lipinski definition) is 2. The van der Waals surface area contributed by atoms with Crippen molar-refractivity contribution in [2.75, 3.05) is 45.4 Å². The number of nitrogens with one attached hydrogen (secondary N) is 2. The summed E-state index contributed by atoms with van der Waals surface area (Å²) in [5.41, 5.74) is 0.362. The van der Waals surface area contributed by atoms with E-state index in [2.05, 4.69) is 16.7 Å². The zero-order valence-electron chi connectivity index (χ0n) is 18.4. The first kappa shape index (κ1) is 25.5. The highest BCUT2D eigenvalue weighted by Gasteiger charge is 2.37. The number of carbonyl (C=O) groups is 2. The van der Waals surface area contributed by atoms with Crippen LogP contribution in [0.25, 0.3) is 0 Å². The number of nitriles is 1. The maximum Gasteiger partial charge on any atom is 0.250 e. The molecule has 0 aromatic heterocycles. The van der Waals surface area contributed by atoms with Gasteiger partial charge in [-0.1, -0.05) is 23.2 Å². The summed E-state index contributed by atoms with van der Waals surface area (Å²) in [7, 11) is 1.55. The number of hydrogen-bond acceptors (Lipinski definition) is 7. The van der Waals surface area contributed by atoms with Gasteiger partial charge in [0.05, 0.1) is 41.1 Å². The zero-order chi connectivity index (χ0) is 23.8. The second-order valence-corrected chi connectivity index (χ2v) is 8.79. The van der Waals surface area contributed by atoms with Gasteiger partial charge in [-0.3, -0.25) is 14.9 Å². The molecule has 2 amide bonds. The highest BCUT2D eigenvalue weighted by atomic mass is 35.5. The van der Waals surface area contributed by atoms with Gasteiger partial charge in [-0.25, -0.2) is 0 Å². The minimum absolute atomic E-state index is 0.0243. The van der Waals surface area contributed by atoms with Crippen LogP contribution in [0.3, 0.4) is 0 Å². The lowest BCUT2D eigenvalue weighted by molar-refractivity contribution is -0.133. The van der Waals surface area contributed by atoms with Crippen molar-refractivity contribution >= 4 is 40.7 Å². The second kappa shape index (κ2) is 12.4. The highest BCUT2D eigenvalue weighted by molar-refractivity contribution is 6.37. The van der Waals surface area contributed by atoms with E-state index in [0.717, 1.165) is 19.3 Å². The van der Waals surface area contributed by atoms with Crippen molar-refractivity contribution in [2.45, 2.75) is 43.8 Å². The Balaban J connectivity index is 1.52. The fourth-order valence-electron chi connectivity index (χ4n) is 3.93. The molecule has 11 heteroatoms. The van der Waals surface area contributed by atoms with E-state index in [1.54, 1.807) is 18.1 Å². The Morgan fingerprint density at radius 3 is 2.82 bits per heavy atom. The lowest BCUT2D eigenvalue weighted by Gasteiger charge is -2.24. The van der Waals surface area contributed by atoms with E-state index in [1.165, 1.54) is 6.07 Å². The summed E-state index contributed by atoms with van der Waals surface area (Å²) in [6.45, 7) is 1.48. The normalized spacial score (nSPS) is 22.2. The van der Waals surface area contributed by atoms with Crippen molar-refractivity contribution < 1.29 is 23.8 Å². The molecule has 0 radical (unpaired) electrons. The number of nitrogens with zero attached hydrogens (tertiary/aromatic N) is 2. The average molecular weight is 499 g/mol. The Labute approximate surface area is 203 Å². The van der Waals surface area contributed by atoms with Gasteiger partial charge >= 0.3 is 0 Å². The molecule has 2 fully saturated rings. The first-order valence-electron chi connectivity index (χ1n) is 10.9. The van der Waals surface area contributed by atoms with Crippen molar-refractivity contribution in [1.29, 1.82) is 5.26 Å². The smallest absolute Gasteiger partial charge is 0.250 e. The Morgan fingerprint density at radius 1 is 1.24 bits per heavy atom. The number of likely N-dealkylation sites (tertiary alicyclic amines) is 1. The Bertz CT molecular complexity index is 894. The highest BCUT2D eigenvalue weighted by Crippen LogP contribution is 2.34. The largest absolute Gasteiger partial charge is 0.490 e. The SMILES string of the molecule is COCCOCC(=O)Nc1cc(OC[C@H]2CC[C@@H](C(=O)N3CCC[C@H]3C#N)N2)c(Cl)cc1Cl. The summed E-state index contributed by atoms with van der Waals surface area (Å²) < 4.78 is 15.9. The van der Waals surface area contributed by atoms with Crippen molar-refractivity contribution in [3.8, 4) is 11.8 Å². The van der Waals surface area contributed by atoms with Crippen LogP contribution in [0.15, 0.2) is 12.1 Å². The molecule has 2 N–H and O–H groups in total. The minimum atomic E-state index is -0.363. The van der Waals surface area contributed by atoms with Crippen LogP contribution in [0.4, 0.5) is 5.69 Å². The van der Waals surface area contributed by atoms with Gasteiger partial charge in [0.15, 0.2) is 0 Å². The van der Waals surface area contributed by atoms with Gasteiger partial charge in [-0.2, -0.15) is 5.26 Å². The number of methoxy groups -OCH3 is 1. The van der Waals surface area contributed by atoms with Crippen LogP contribution in [0, 0.1) is 11.3 Å². The maximum absolute atomic E-state index is 12.8. The van der Waals surface area contributed by atoms with E-state index in [4.69, 9.17) is 37.4 Å². The molecule has 0 unspecified atom stereocenters. The molecular formula is C22H28Cl2N4O5. The molecule has 0 aliphatic carbocycles. The van der Waals surface area contributed by atoms with Crippen LogP contribution < -0.4 is 15.4 Å². The summed E-state index contributed by atoms with van der Waals surface area (Å²) in [5.74, 6) is -0.0150. The summed E-state index contributed by atoms with van der Waals surface area (Å²) in [6, 6.07) is 4.59. The Morgan fingerprint density at radius 2 is 2.06 bits per heavy atom. The lowest BCUT2D eigenvalue weighted by atomic mass is 10.1. The van der Waals surface area contributed by atoms with Gasteiger partial charge in [-0.15, -0.1) is 0 Å². The number of halogens is 2. The van der Waals surface area contributed by atoms with E-state index in [9.17, 15) is 14.9 Å². The van der Waals surface area contributed by atoms with Crippen molar-refractivity contribution in [3.05, 3.63) is 22.2 Å². The molecular weight excluding hydrogens is 471 g/mol. The fraction of sp³-hybridized carbons (Fsp3) is 0.591. The number of benzene rings is 1. The first-order chi connectivity index (χ1) is 15.9. The average Bonchev–Trinajstić information content (AvgIpc) is 3.47. The van der Waals surface area contributed by atoms with Crippen molar-refractivity contribution in [3.63, 3.8) is 0 Å². The molecule has 180 valence electrons. The van der Waals surface area contributed by atoms with Gasteiger partial charge in [0.1, 0.15) is 25.0 Å². The Kier molecular flexibility index (Phi) is 9.59. The molecule has 33 heavy (non-hydrogen) atoms. The number of rotatable bonds is 10. The molecule has 3 rings (SSSR count). The van der Waals surface area contributed by atoms with Crippen molar-refractivity contribution in [2.24, 2.45) is 0 Å². The summed E-state index contributed by atoms with van der Waals surface area (Å²) >= 11 is 12.5. The molecule has 2 aliphatic heterocycles. The quantitative estimate of drug-likeness (QED) is 0.476. The molecule has 2 heterocycles. The number of anilines is 1. The van der Waals surface area contributed by atoms with Crippen LogP contribution in [-0.2, 0) is 19.1 Å². The fourth-order valence-corrected chi connectivity index (χ4v) is 4.41. The molecule has 2 saturated heterocycles. The van der Waals surface area contributed by atoms with Gasteiger partial charge < -0.3 is 24.4 Å². The van der Waals surface area contributed by atoms with E-state index in [1.807, 2.05) is 0 Å². The number of carbonyl (C=O) groups excluding carboxylic acids is 2.